The van der Waals surface area contributed by atoms with Crippen LogP contribution in [0.25, 0.3) is 11.1 Å². The molecule has 0 spiro atoms. The third-order valence-corrected chi connectivity index (χ3v) is 8.66. The molecule has 3 aromatic carbocycles. The van der Waals surface area contributed by atoms with E-state index in [2.05, 4.69) is 39.8 Å². The molecule has 1 heterocycles. The number of carboxylic acids is 1. The molecule has 42 heavy (non-hydrogen) atoms. The lowest BCUT2D eigenvalue weighted by atomic mass is 9.94. The summed E-state index contributed by atoms with van der Waals surface area (Å²) in [4.78, 5) is 41.3. The molecule has 1 fully saturated rings. The molecule has 1 saturated heterocycles. The summed E-state index contributed by atoms with van der Waals surface area (Å²) < 4.78 is 5.80. The van der Waals surface area contributed by atoms with Crippen molar-refractivity contribution in [1.82, 2.24) is 15.5 Å². The van der Waals surface area contributed by atoms with Crippen LogP contribution in [0.15, 0.2) is 78.9 Å². The molecule has 3 N–H and O–H groups in total. The van der Waals surface area contributed by atoms with Crippen LogP contribution in [0, 0.1) is 5.92 Å². The Hall–Kier alpha value is -4.17. The Balaban J connectivity index is 1.32. The number of alkyl carbamates (subject to hydrolysis) is 1. The van der Waals surface area contributed by atoms with Crippen molar-refractivity contribution in [1.29, 1.82) is 0 Å². The molecule has 0 saturated carbocycles. The van der Waals surface area contributed by atoms with Crippen molar-refractivity contribution in [2.24, 2.45) is 5.92 Å². The summed E-state index contributed by atoms with van der Waals surface area (Å²) in [6, 6.07) is 25.1. The van der Waals surface area contributed by atoms with Crippen molar-refractivity contribution in [2.75, 3.05) is 19.7 Å². The van der Waals surface area contributed by atoms with E-state index in [9.17, 15) is 19.5 Å². The van der Waals surface area contributed by atoms with Gasteiger partial charge in [-0.3, -0.25) is 9.69 Å². The molecule has 5 rings (SSSR count). The van der Waals surface area contributed by atoms with E-state index in [1.54, 1.807) is 0 Å². The molecule has 0 aromatic heterocycles. The normalized spacial score (nSPS) is 19.4. The van der Waals surface area contributed by atoms with Crippen LogP contribution in [0.5, 0.6) is 0 Å². The fraction of sp³-hybridized carbons (Fsp3) is 0.382. The second-order valence-electron chi connectivity index (χ2n) is 11.6. The lowest BCUT2D eigenvalue weighted by molar-refractivity contribution is -0.143. The van der Waals surface area contributed by atoms with Gasteiger partial charge in [0.2, 0.25) is 5.91 Å². The maximum atomic E-state index is 13.8. The van der Waals surface area contributed by atoms with Gasteiger partial charge in [-0.25, -0.2) is 9.59 Å². The number of fused-ring (bicyclic) bond motifs is 3. The Morgan fingerprint density at radius 1 is 0.976 bits per heavy atom. The van der Waals surface area contributed by atoms with Crippen LogP contribution in [0.4, 0.5) is 4.79 Å². The highest BCUT2D eigenvalue weighted by molar-refractivity contribution is 5.93. The van der Waals surface area contributed by atoms with Crippen LogP contribution in [0.2, 0.25) is 0 Å². The summed E-state index contributed by atoms with van der Waals surface area (Å²) in [6.45, 7) is 5.49. The first-order valence-corrected chi connectivity index (χ1v) is 14.7. The number of benzene rings is 3. The van der Waals surface area contributed by atoms with Crippen LogP contribution in [0.3, 0.4) is 0 Å². The third-order valence-electron chi connectivity index (χ3n) is 8.66. The van der Waals surface area contributed by atoms with Crippen LogP contribution in [-0.2, 0) is 20.9 Å². The van der Waals surface area contributed by atoms with Gasteiger partial charge in [0.1, 0.15) is 18.2 Å². The summed E-state index contributed by atoms with van der Waals surface area (Å²) in [5, 5.41) is 15.5. The molecular formula is C34H39N3O5. The summed E-state index contributed by atoms with van der Waals surface area (Å²) in [5.41, 5.74) is 4.24. The van der Waals surface area contributed by atoms with Crippen LogP contribution >= 0.6 is 0 Å². The lowest BCUT2D eigenvalue weighted by Crippen LogP contribution is -2.62. The second-order valence-corrected chi connectivity index (χ2v) is 11.6. The zero-order valence-corrected chi connectivity index (χ0v) is 24.2. The zero-order valence-electron chi connectivity index (χ0n) is 24.2. The molecule has 0 radical (unpaired) electrons. The highest BCUT2D eigenvalue weighted by Gasteiger charge is 2.47. The topological polar surface area (TPSA) is 108 Å². The number of carbonyl (C=O) groups is 3. The van der Waals surface area contributed by atoms with Crippen molar-refractivity contribution in [3.05, 3.63) is 95.6 Å². The Morgan fingerprint density at radius 2 is 1.60 bits per heavy atom. The maximum absolute atomic E-state index is 13.8. The molecule has 3 unspecified atom stereocenters. The molecular weight excluding hydrogens is 530 g/mol. The lowest BCUT2D eigenvalue weighted by Gasteiger charge is -2.31. The van der Waals surface area contributed by atoms with Gasteiger partial charge in [0.05, 0.1) is 0 Å². The van der Waals surface area contributed by atoms with Gasteiger partial charge in [0.15, 0.2) is 0 Å². The Labute approximate surface area is 247 Å². The van der Waals surface area contributed by atoms with Crippen molar-refractivity contribution in [2.45, 2.75) is 57.2 Å². The number of amides is 2. The summed E-state index contributed by atoms with van der Waals surface area (Å²) in [7, 11) is 0. The zero-order chi connectivity index (χ0) is 29.7. The summed E-state index contributed by atoms with van der Waals surface area (Å²) in [5.74, 6) is -1.57. The molecule has 3 atom stereocenters. The van der Waals surface area contributed by atoms with Gasteiger partial charge in [-0.1, -0.05) is 99.1 Å². The minimum absolute atomic E-state index is 0.113. The van der Waals surface area contributed by atoms with E-state index < -0.39 is 29.6 Å². The number of ether oxygens (including phenoxy) is 1. The highest BCUT2D eigenvalue weighted by Crippen LogP contribution is 2.44. The van der Waals surface area contributed by atoms with Crippen LogP contribution < -0.4 is 10.6 Å². The highest BCUT2D eigenvalue weighted by atomic mass is 16.5. The summed E-state index contributed by atoms with van der Waals surface area (Å²) >= 11 is 0. The minimum atomic E-state index is -1.32. The maximum Gasteiger partial charge on any atom is 0.408 e. The third kappa shape index (κ3) is 6.34. The number of hydrogen-bond acceptors (Lipinski definition) is 5. The number of nitrogens with zero attached hydrogens (tertiary/aromatic N) is 1. The van der Waals surface area contributed by atoms with Crippen molar-refractivity contribution < 1.29 is 24.2 Å². The van der Waals surface area contributed by atoms with Crippen molar-refractivity contribution >= 4 is 18.0 Å². The molecule has 1 aliphatic heterocycles. The fourth-order valence-corrected chi connectivity index (χ4v) is 6.13. The predicted octanol–water partition coefficient (Wildman–Crippen LogP) is 5.18. The monoisotopic (exact) mass is 569 g/mol. The number of nitrogens with one attached hydrogen (secondary N) is 2. The number of rotatable bonds is 11. The van der Waals surface area contributed by atoms with E-state index in [0.29, 0.717) is 25.9 Å². The van der Waals surface area contributed by atoms with Gasteiger partial charge in [-0.05, 0) is 46.6 Å². The minimum Gasteiger partial charge on any atom is -0.480 e. The molecule has 8 nitrogen and oxygen atoms in total. The van der Waals surface area contributed by atoms with Gasteiger partial charge in [-0.2, -0.15) is 0 Å². The Morgan fingerprint density at radius 3 is 2.21 bits per heavy atom. The molecule has 220 valence electrons. The van der Waals surface area contributed by atoms with Gasteiger partial charge >= 0.3 is 12.1 Å². The average Bonchev–Trinajstić information content (AvgIpc) is 3.55. The standard InChI is InChI=1S/C34H39N3O5/c1-3-23(2)19-30(31(38)39)35-32(40)34(17-18-37(22-34)20-24-11-5-4-6-12-24)36-33(41)42-21-29-27-15-9-7-13-25(27)26-14-8-10-16-28(26)29/h4-16,23,29-30H,3,17-22H2,1-2H3,(H,35,40)(H,36,41)(H,38,39). The molecule has 3 aromatic rings. The van der Waals surface area contributed by atoms with E-state index in [1.807, 2.05) is 68.4 Å². The first-order chi connectivity index (χ1) is 20.3. The molecule has 8 heteroatoms. The van der Waals surface area contributed by atoms with E-state index in [0.717, 1.165) is 34.2 Å². The first-order valence-electron chi connectivity index (χ1n) is 14.7. The Kier molecular flexibility index (Phi) is 8.92. The average molecular weight is 570 g/mol. The number of likely N-dealkylation sites (tertiary alicyclic amines) is 1. The molecule has 2 amide bonds. The smallest absolute Gasteiger partial charge is 0.408 e. The van der Waals surface area contributed by atoms with E-state index in [4.69, 9.17) is 4.74 Å². The SMILES string of the molecule is CCC(C)CC(NC(=O)C1(NC(=O)OCC2c3ccccc3-c3ccccc32)CCN(Cc2ccccc2)C1)C(=O)O. The predicted molar refractivity (Wildman–Crippen MR) is 161 cm³/mol. The Bertz CT molecular complexity index is 1380. The van der Waals surface area contributed by atoms with Gasteiger partial charge in [0, 0.05) is 25.6 Å². The first kappa shape index (κ1) is 29.3. The van der Waals surface area contributed by atoms with Crippen LogP contribution in [-0.4, -0.2) is 59.3 Å². The van der Waals surface area contributed by atoms with Crippen molar-refractivity contribution in [3.63, 3.8) is 0 Å². The van der Waals surface area contributed by atoms with E-state index >= 15 is 0 Å². The van der Waals surface area contributed by atoms with Crippen LogP contribution in [0.1, 0.15) is 55.7 Å². The van der Waals surface area contributed by atoms with Crippen molar-refractivity contribution in [3.8, 4) is 11.1 Å². The number of hydrogen-bond donors (Lipinski definition) is 3. The molecule has 1 aliphatic carbocycles. The molecule has 0 bridgehead atoms. The van der Waals surface area contributed by atoms with Gasteiger partial charge in [0.25, 0.3) is 0 Å². The summed E-state index contributed by atoms with van der Waals surface area (Å²) in [6.07, 6.45) is 0.758. The fourth-order valence-electron chi connectivity index (χ4n) is 6.13. The van der Waals surface area contributed by atoms with E-state index in [-0.39, 0.29) is 25.0 Å². The quantitative estimate of drug-likeness (QED) is 0.294. The molecule has 2 aliphatic rings. The van der Waals surface area contributed by atoms with Gasteiger partial charge < -0.3 is 20.5 Å². The number of carboxylic acid groups (broad SMARTS) is 1. The number of carbonyl (C=O) groups excluding carboxylic acids is 2. The van der Waals surface area contributed by atoms with Gasteiger partial charge in [-0.15, -0.1) is 0 Å². The second kappa shape index (κ2) is 12.8. The number of aliphatic carboxylic acids is 1. The van der Waals surface area contributed by atoms with E-state index in [1.165, 1.54) is 0 Å². The largest absolute Gasteiger partial charge is 0.480 e.